The van der Waals surface area contributed by atoms with Crippen LogP contribution in [0.1, 0.15) is 32.3 Å². The first kappa shape index (κ1) is 15.9. The fraction of sp³-hybridized carbons (Fsp3) is 0.529. The van der Waals surface area contributed by atoms with E-state index >= 15 is 0 Å². The monoisotopic (exact) mass is 311 g/mol. The number of allylic oxidation sites excluding steroid dienone is 1. The molecule has 0 aromatic heterocycles. The molecule has 1 unspecified atom stereocenters. The van der Waals surface area contributed by atoms with Crippen molar-refractivity contribution in [3.8, 4) is 0 Å². The summed E-state index contributed by atoms with van der Waals surface area (Å²) in [5, 5.41) is 1.47. The van der Waals surface area contributed by atoms with Crippen LogP contribution in [0.5, 0.6) is 0 Å². The largest absolute Gasteiger partial charge is 0.302 e. The second kappa shape index (κ2) is 6.98. The highest BCUT2D eigenvalue weighted by molar-refractivity contribution is 6.35. The normalized spacial score (nSPS) is 19.6. The third-order valence-electron chi connectivity index (χ3n) is 3.96. The second-order valence-electron chi connectivity index (χ2n) is 6.05. The molecule has 110 valence electrons. The van der Waals surface area contributed by atoms with Crippen molar-refractivity contribution >= 4 is 23.2 Å². The molecule has 1 aromatic carbocycles. The summed E-state index contributed by atoms with van der Waals surface area (Å²) in [6, 6.07) is 5.81. The van der Waals surface area contributed by atoms with Gasteiger partial charge >= 0.3 is 0 Å². The molecule has 1 nitrogen and oxygen atoms in total. The Bertz CT molecular complexity index is 478. The molecule has 0 bridgehead atoms. The predicted molar refractivity (Wildman–Crippen MR) is 88.8 cm³/mol. The highest BCUT2D eigenvalue weighted by Gasteiger charge is 2.27. The van der Waals surface area contributed by atoms with Crippen LogP contribution in [0.25, 0.3) is 0 Å². The average molecular weight is 312 g/mol. The Balaban J connectivity index is 2.14. The molecule has 0 amide bonds. The number of likely N-dealkylation sites (tertiary alicyclic amines) is 1. The zero-order valence-corrected chi connectivity index (χ0v) is 13.8. The van der Waals surface area contributed by atoms with Crippen molar-refractivity contribution in [3.63, 3.8) is 0 Å². The van der Waals surface area contributed by atoms with Crippen molar-refractivity contribution in [2.75, 3.05) is 19.6 Å². The van der Waals surface area contributed by atoms with E-state index in [1.807, 2.05) is 12.1 Å². The summed E-state index contributed by atoms with van der Waals surface area (Å²) in [5.41, 5.74) is 1.30. The SMILES string of the molecule is CC=CC(C)(Cc1ccc(Cl)cc1Cl)CN1CCCC1. The molecule has 0 saturated carbocycles. The van der Waals surface area contributed by atoms with Gasteiger partial charge in [-0.15, -0.1) is 0 Å². The Morgan fingerprint density at radius 3 is 2.55 bits per heavy atom. The Morgan fingerprint density at radius 2 is 1.95 bits per heavy atom. The topological polar surface area (TPSA) is 3.24 Å². The first-order valence-corrected chi connectivity index (χ1v) is 8.08. The van der Waals surface area contributed by atoms with Gasteiger partial charge in [-0.05, 0) is 57.0 Å². The quantitative estimate of drug-likeness (QED) is 0.674. The van der Waals surface area contributed by atoms with Gasteiger partial charge in [0, 0.05) is 22.0 Å². The van der Waals surface area contributed by atoms with E-state index in [4.69, 9.17) is 23.2 Å². The average Bonchev–Trinajstić information content (AvgIpc) is 2.85. The molecule has 0 aliphatic carbocycles. The minimum absolute atomic E-state index is 0.122. The summed E-state index contributed by atoms with van der Waals surface area (Å²) >= 11 is 12.3. The number of rotatable bonds is 5. The van der Waals surface area contributed by atoms with Gasteiger partial charge in [-0.1, -0.05) is 48.3 Å². The molecule has 0 spiro atoms. The van der Waals surface area contributed by atoms with Crippen LogP contribution in [-0.2, 0) is 6.42 Å². The first-order chi connectivity index (χ1) is 9.52. The molecule has 0 radical (unpaired) electrons. The maximum absolute atomic E-state index is 6.33. The van der Waals surface area contributed by atoms with Crippen molar-refractivity contribution < 1.29 is 0 Å². The van der Waals surface area contributed by atoms with Crippen LogP contribution in [0.15, 0.2) is 30.4 Å². The Hall–Kier alpha value is -0.500. The van der Waals surface area contributed by atoms with E-state index in [-0.39, 0.29) is 5.41 Å². The van der Waals surface area contributed by atoms with Crippen LogP contribution in [-0.4, -0.2) is 24.5 Å². The van der Waals surface area contributed by atoms with Crippen molar-refractivity contribution in [1.82, 2.24) is 4.90 Å². The molecule has 1 heterocycles. The lowest BCUT2D eigenvalue weighted by Crippen LogP contribution is -2.34. The Kier molecular flexibility index (Phi) is 5.54. The smallest absolute Gasteiger partial charge is 0.0453 e. The minimum atomic E-state index is 0.122. The Morgan fingerprint density at radius 1 is 1.25 bits per heavy atom. The van der Waals surface area contributed by atoms with Crippen LogP contribution in [0.3, 0.4) is 0 Å². The van der Waals surface area contributed by atoms with Crippen molar-refractivity contribution in [2.45, 2.75) is 33.1 Å². The summed E-state index contributed by atoms with van der Waals surface area (Å²) in [7, 11) is 0. The van der Waals surface area contributed by atoms with Crippen LogP contribution >= 0.6 is 23.2 Å². The number of halogens is 2. The standard InChI is InChI=1S/C17H23Cl2N/c1-3-8-17(2,13-20-9-4-5-10-20)12-14-6-7-15(18)11-16(14)19/h3,6-8,11H,4-5,9-10,12-13H2,1-2H3. The number of nitrogens with zero attached hydrogens (tertiary/aromatic N) is 1. The van der Waals surface area contributed by atoms with Gasteiger partial charge in [0.1, 0.15) is 0 Å². The van der Waals surface area contributed by atoms with E-state index in [1.54, 1.807) is 0 Å². The zero-order chi connectivity index (χ0) is 14.6. The fourth-order valence-corrected chi connectivity index (χ4v) is 3.60. The third-order valence-corrected chi connectivity index (χ3v) is 4.55. The van der Waals surface area contributed by atoms with Gasteiger partial charge in [0.2, 0.25) is 0 Å². The number of hydrogen-bond donors (Lipinski definition) is 0. The fourth-order valence-electron chi connectivity index (χ4n) is 3.12. The lowest BCUT2D eigenvalue weighted by atomic mass is 9.82. The molecular weight excluding hydrogens is 289 g/mol. The Labute approximate surface area is 132 Å². The maximum atomic E-state index is 6.33. The molecule has 20 heavy (non-hydrogen) atoms. The number of benzene rings is 1. The second-order valence-corrected chi connectivity index (χ2v) is 6.89. The number of hydrogen-bond acceptors (Lipinski definition) is 1. The molecule has 1 aliphatic heterocycles. The van der Waals surface area contributed by atoms with Gasteiger partial charge in [-0.3, -0.25) is 0 Å². The predicted octanol–water partition coefficient (Wildman–Crippen LogP) is 5.21. The molecular formula is C17H23Cl2N. The lowest BCUT2D eigenvalue weighted by Gasteiger charge is -2.31. The van der Waals surface area contributed by atoms with Gasteiger partial charge in [-0.2, -0.15) is 0 Å². The highest BCUT2D eigenvalue weighted by Crippen LogP contribution is 2.31. The molecule has 3 heteroatoms. The van der Waals surface area contributed by atoms with E-state index in [0.717, 1.165) is 18.0 Å². The molecule has 1 aliphatic rings. The van der Waals surface area contributed by atoms with Gasteiger partial charge in [0.15, 0.2) is 0 Å². The zero-order valence-electron chi connectivity index (χ0n) is 12.3. The van der Waals surface area contributed by atoms with E-state index in [1.165, 1.54) is 31.5 Å². The lowest BCUT2D eigenvalue weighted by molar-refractivity contribution is 0.234. The van der Waals surface area contributed by atoms with Crippen LogP contribution in [0, 0.1) is 5.41 Å². The van der Waals surface area contributed by atoms with Gasteiger partial charge in [-0.25, -0.2) is 0 Å². The van der Waals surface area contributed by atoms with Crippen molar-refractivity contribution in [1.29, 1.82) is 0 Å². The van der Waals surface area contributed by atoms with Crippen molar-refractivity contribution in [2.24, 2.45) is 5.41 Å². The van der Waals surface area contributed by atoms with Crippen LogP contribution in [0.2, 0.25) is 10.0 Å². The van der Waals surface area contributed by atoms with Gasteiger partial charge in [0.25, 0.3) is 0 Å². The molecule has 1 saturated heterocycles. The molecule has 0 N–H and O–H groups in total. The maximum Gasteiger partial charge on any atom is 0.0453 e. The summed E-state index contributed by atoms with van der Waals surface area (Å²) in [6.45, 7) is 7.95. The van der Waals surface area contributed by atoms with E-state index < -0.39 is 0 Å². The van der Waals surface area contributed by atoms with Gasteiger partial charge < -0.3 is 4.90 Å². The molecule has 1 aromatic rings. The van der Waals surface area contributed by atoms with Crippen LogP contribution in [0.4, 0.5) is 0 Å². The van der Waals surface area contributed by atoms with Gasteiger partial charge in [0.05, 0.1) is 0 Å². The summed E-state index contributed by atoms with van der Waals surface area (Å²) in [4.78, 5) is 2.56. The molecule has 2 rings (SSSR count). The first-order valence-electron chi connectivity index (χ1n) is 7.32. The van der Waals surface area contributed by atoms with Crippen molar-refractivity contribution in [3.05, 3.63) is 46.0 Å². The van der Waals surface area contributed by atoms with E-state index in [9.17, 15) is 0 Å². The third kappa shape index (κ3) is 4.25. The molecule has 1 atom stereocenters. The summed E-state index contributed by atoms with van der Waals surface area (Å²) in [6.07, 6.45) is 8.07. The summed E-state index contributed by atoms with van der Waals surface area (Å²) < 4.78 is 0. The highest BCUT2D eigenvalue weighted by atomic mass is 35.5. The molecule has 1 fully saturated rings. The van der Waals surface area contributed by atoms with Crippen LogP contribution < -0.4 is 0 Å². The minimum Gasteiger partial charge on any atom is -0.302 e. The van der Waals surface area contributed by atoms with E-state index in [0.29, 0.717) is 5.02 Å². The summed E-state index contributed by atoms with van der Waals surface area (Å²) in [5.74, 6) is 0. The van der Waals surface area contributed by atoms with E-state index in [2.05, 4.69) is 37.0 Å².